The van der Waals surface area contributed by atoms with E-state index in [9.17, 15) is 13.6 Å². The molecular weight excluding hydrogens is 238 g/mol. The third kappa shape index (κ3) is 3.18. The third-order valence-electron chi connectivity index (χ3n) is 3.03. The number of carbonyl (C=O) groups excluding carboxylic acids is 1. The average Bonchev–Trinajstić information content (AvgIpc) is 2.32. The summed E-state index contributed by atoms with van der Waals surface area (Å²) in [6, 6.07) is 2.08. The Labute approximate surface area is 105 Å². The van der Waals surface area contributed by atoms with Crippen molar-refractivity contribution >= 4 is 11.6 Å². The second kappa shape index (κ2) is 5.33. The summed E-state index contributed by atoms with van der Waals surface area (Å²) in [6.07, 6.45) is 0.842. The largest absolute Gasteiger partial charge is 0.396 e. The van der Waals surface area contributed by atoms with Gasteiger partial charge in [0.2, 0.25) is 0 Å². The quantitative estimate of drug-likeness (QED) is 0.814. The van der Waals surface area contributed by atoms with E-state index in [0.717, 1.165) is 18.6 Å². The number of rotatable bonds is 4. The van der Waals surface area contributed by atoms with E-state index in [2.05, 4.69) is 5.32 Å². The fraction of sp³-hybridized carbons (Fsp3) is 0.462. The Bertz CT molecular complexity index is 459. The fourth-order valence-electron chi connectivity index (χ4n) is 1.31. The van der Waals surface area contributed by atoms with Crippen LogP contribution in [0.2, 0.25) is 0 Å². The maximum atomic E-state index is 13.6. The molecule has 0 radical (unpaired) electrons. The summed E-state index contributed by atoms with van der Waals surface area (Å²) in [5.41, 5.74) is 4.33. The van der Waals surface area contributed by atoms with E-state index in [0.29, 0.717) is 6.54 Å². The highest BCUT2D eigenvalue weighted by Crippen LogP contribution is 2.20. The van der Waals surface area contributed by atoms with E-state index < -0.39 is 23.1 Å². The van der Waals surface area contributed by atoms with Gasteiger partial charge in [0.15, 0.2) is 5.82 Å². The van der Waals surface area contributed by atoms with Crippen molar-refractivity contribution < 1.29 is 13.6 Å². The zero-order valence-electron chi connectivity index (χ0n) is 10.8. The van der Waals surface area contributed by atoms with Crippen molar-refractivity contribution in [3.8, 4) is 0 Å². The van der Waals surface area contributed by atoms with E-state index in [1.54, 1.807) is 0 Å². The molecule has 1 aromatic carbocycles. The van der Waals surface area contributed by atoms with Crippen LogP contribution in [0.3, 0.4) is 0 Å². The lowest BCUT2D eigenvalue weighted by Gasteiger charge is -2.23. The molecule has 0 unspecified atom stereocenters. The van der Waals surface area contributed by atoms with Crippen LogP contribution in [0.25, 0.3) is 0 Å². The van der Waals surface area contributed by atoms with E-state index in [1.165, 1.54) is 0 Å². The Morgan fingerprint density at radius 2 is 2.00 bits per heavy atom. The van der Waals surface area contributed by atoms with Crippen LogP contribution >= 0.6 is 0 Å². The molecule has 0 saturated heterocycles. The summed E-state index contributed by atoms with van der Waals surface area (Å²) in [4.78, 5) is 11.8. The van der Waals surface area contributed by atoms with Gasteiger partial charge in [0.25, 0.3) is 5.91 Å². The monoisotopic (exact) mass is 256 g/mol. The number of carbonyl (C=O) groups is 1. The van der Waals surface area contributed by atoms with Crippen LogP contribution in [0.4, 0.5) is 14.5 Å². The average molecular weight is 256 g/mol. The molecule has 0 saturated carbocycles. The highest BCUT2D eigenvalue weighted by Gasteiger charge is 2.22. The van der Waals surface area contributed by atoms with E-state index in [1.807, 2.05) is 20.8 Å². The van der Waals surface area contributed by atoms with Gasteiger partial charge in [-0.3, -0.25) is 4.79 Å². The van der Waals surface area contributed by atoms with Crippen molar-refractivity contribution in [3.63, 3.8) is 0 Å². The molecule has 0 aliphatic heterocycles. The number of nitrogens with one attached hydrogen (secondary N) is 1. The van der Waals surface area contributed by atoms with Gasteiger partial charge in [-0.1, -0.05) is 20.8 Å². The lowest BCUT2D eigenvalue weighted by Crippen LogP contribution is -2.34. The SMILES string of the molecule is CCC(C)(C)CNC(=O)c1c(F)ccc(N)c1F. The first-order valence-corrected chi connectivity index (χ1v) is 5.80. The van der Waals surface area contributed by atoms with Crippen molar-refractivity contribution in [2.24, 2.45) is 5.41 Å². The molecule has 0 aromatic heterocycles. The third-order valence-corrected chi connectivity index (χ3v) is 3.03. The van der Waals surface area contributed by atoms with Crippen LogP contribution in [-0.2, 0) is 0 Å². The van der Waals surface area contributed by atoms with E-state index in [4.69, 9.17) is 5.73 Å². The molecule has 3 N–H and O–H groups in total. The summed E-state index contributed by atoms with van der Waals surface area (Å²) in [6.45, 7) is 6.24. The van der Waals surface area contributed by atoms with Gasteiger partial charge in [-0.05, 0) is 24.0 Å². The molecule has 0 atom stereocenters. The molecule has 5 heteroatoms. The predicted molar refractivity (Wildman–Crippen MR) is 67.2 cm³/mol. The number of amides is 1. The van der Waals surface area contributed by atoms with Gasteiger partial charge in [-0.2, -0.15) is 0 Å². The Morgan fingerprint density at radius 3 is 2.56 bits per heavy atom. The lowest BCUT2D eigenvalue weighted by molar-refractivity contribution is 0.0927. The molecule has 100 valence electrons. The number of hydrogen-bond donors (Lipinski definition) is 2. The van der Waals surface area contributed by atoms with Crippen LogP contribution in [0.1, 0.15) is 37.6 Å². The molecule has 0 aliphatic carbocycles. The number of halogens is 2. The zero-order chi connectivity index (χ0) is 13.9. The molecule has 0 fully saturated rings. The van der Waals surface area contributed by atoms with Gasteiger partial charge in [0, 0.05) is 6.54 Å². The topological polar surface area (TPSA) is 55.1 Å². The summed E-state index contributed by atoms with van der Waals surface area (Å²) >= 11 is 0. The Balaban J connectivity index is 2.89. The van der Waals surface area contributed by atoms with Gasteiger partial charge < -0.3 is 11.1 Å². The first-order chi connectivity index (χ1) is 8.28. The smallest absolute Gasteiger partial charge is 0.257 e. The first-order valence-electron chi connectivity index (χ1n) is 5.80. The standard InChI is InChI=1S/C13H18F2N2O/c1-4-13(2,3)7-17-12(18)10-8(14)5-6-9(16)11(10)15/h5-6H,4,7,16H2,1-3H3,(H,17,18). The summed E-state index contributed by atoms with van der Waals surface area (Å²) in [5.74, 6) is -2.70. The summed E-state index contributed by atoms with van der Waals surface area (Å²) < 4.78 is 27.0. The maximum absolute atomic E-state index is 13.6. The van der Waals surface area contributed by atoms with Crippen molar-refractivity contribution in [3.05, 3.63) is 29.3 Å². The number of benzene rings is 1. The summed E-state index contributed by atoms with van der Waals surface area (Å²) in [7, 11) is 0. The van der Waals surface area contributed by atoms with Crippen molar-refractivity contribution in [2.75, 3.05) is 12.3 Å². The minimum absolute atomic E-state index is 0.122. The maximum Gasteiger partial charge on any atom is 0.257 e. The van der Waals surface area contributed by atoms with Crippen molar-refractivity contribution in [2.45, 2.75) is 27.2 Å². The molecule has 0 heterocycles. The molecule has 3 nitrogen and oxygen atoms in total. The van der Waals surface area contributed by atoms with Crippen LogP contribution < -0.4 is 11.1 Å². The second-order valence-corrected chi connectivity index (χ2v) is 5.03. The van der Waals surface area contributed by atoms with E-state index in [-0.39, 0.29) is 11.1 Å². The van der Waals surface area contributed by atoms with Crippen LogP contribution in [0.5, 0.6) is 0 Å². The first kappa shape index (κ1) is 14.4. The van der Waals surface area contributed by atoms with Gasteiger partial charge in [0.05, 0.1) is 5.69 Å². The molecular formula is C13H18F2N2O. The zero-order valence-corrected chi connectivity index (χ0v) is 10.8. The van der Waals surface area contributed by atoms with Crippen LogP contribution in [0.15, 0.2) is 12.1 Å². The van der Waals surface area contributed by atoms with Gasteiger partial charge in [0.1, 0.15) is 11.4 Å². The highest BCUT2D eigenvalue weighted by atomic mass is 19.1. The number of anilines is 1. The normalized spacial score (nSPS) is 11.4. The number of nitrogens with two attached hydrogens (primary N) is 1. The highest BCUT2D eigenvalue weighted by molar-refractivity contribution is 5.95. The number of hydrogen-bond acceptors (Lipinski definition) is 2. The van der Waals surface area contributed by atoms with Crippen LogP contribution in [0, 0.1) is 17.0 Å². The van der Waals surface area contributed by atoms with E-state index >= 15 is 0 Å². The summed E-state index contributed by atoms with van der Waals surface area (Å²) in [5, 5.41) is 2.52. The fourth-order valence-corrected chi connectivity index (χ4v) is 1.31. The molecule has 18 heavy (non-hydrogen) atoms. The molecule has 1 rings (SSSR count). The Morgan fingerprint density at radius 1 is 1.39 bits per heavy atom. The molecule has 0 spiro atoms. The Hall–Kier alpha value is -1.65. The van der Waals surface area contributed by atoms with Gasteiger partial charge in [-0.15, -0.1) is 0 Å². The van der Waals surface area contributed by atoms with Gasteiger partial charge >= 0.3 is 0 Å². The van der Waals surface area contributed by atoms with Crippen LogP contribution in [-0.4, -0.2) is 12.5 Å². The predicted octanol–water partition coefficient (Wildman–Crippen LogP) is 2.71. The molecule has 0 bridgehead atoms. The van der Waals surface area contributed by atoms with Crippen molar-refractivity contribution in [1.82, 2.24) is 5.32 Å². The molecule has 1 amide bonds. The Kier molecular flexibility index (Phi) is 4.27. The minimum atomic E-state index is -1.01. The van der Waals surface area contributed by atoms with Gasteiger partial charge in [-0.25, -0.2) is 8.78 Å². The van der Waals surface area contributed by atoms with Crippen molar-refractivity contribution in [1.29, 1.82) is 0 Å². The lowest BCUT2D eigenvalue weighted by atomic mass is 9.90. The molecule has 1 aromatic rings. The molecule has 0 aliphatic rings. The second-order valence-electron chi connectivity index (χ2n) is 5.03. The minimum Gasteiger partial charge on any atom is -0.396 e. The number of nitrogen functional groups attached to an aromatic ring is 1.